The van der Waals surface area contributed by atoms with E-state index in [-0.39, 0.29) is 11.3 Å². The van der Waals surface area contributed by atoms with Crippen molar-refractivity contribution in [1.29, 1.82) is 0 Å². The molecular weight excluding hydrogens is 328 g/mol. The Morgan fingerprint density at radius 3 is 2.81 bits per heavy atom. The molecule has 21 heavy (non-hydrogen) atoms. The van der Waals surface area contributed by atoms with Crippen LogP contribution in [0.2, 0.25) is 4.34 Å². The molecule has 0 aromatic carbocycles. The molecule has 116 valence electrons. The van der Waals surface area contributed by atoms with E-state index in [9.17, 15) is 4.79 Å². The van der Waals surface area contributed by atoms with Crippen LogP contribution in [0, 0.1) is 0 Å². The smallest absolute Gasteiger partial charge is 0.233 e. The minimum atomic E-state index is 0.152. The Morgan fingerprint density at radius 2 is 2.10 bits per heavy atom. The van der Waals surface area contributed by atoms with Gasteiger partial charge in [0.1, 0.15) is 5.37 Å². The number of carbonyl (C=O) groups excluding carboxylic acids is 1. The fraction of sp³-hybridized carbons (Fsp3) is 0.643. The van der Waals surface area contributed by atoms with E-state index in [1.807, 2.05) is 17.0 Å². The van der Waals surface area contributed by atoms with Gasteiger partial charge in [0.2, 0.25) is 5.91 Å². The molecule has 2 fully saturated rings. The minimum Gasteiger partial charge on any atom is -0.379 e. The quantitative estimate of drug-likeness (QED) is 0.820. The summed E-state index contributed by atoms with van der Waals surface area (Å²) in [6.45, 7) is 5.53. The molecule has 4 nitrogen and oxygen atoms in total. The third-order valence-electron chi connectivity index (χ3n) is 3.78. The van der Waals surface area contributed by atoms with E-state index in [2.05, 4.69) is 4.90 Å². The van der Waals surface area contributed by atoms with E-state index in [0.717, 1.165) is 50.1 Å². The van der Waals surface area contributed by atoms with Gasteiger partial charge in [0.25, 0.3) is 0 Å². The van der Waals surface area contributed by atoms with Gasteiger partial charge in [-0.15, -0.1) is 23.1 Å². The summed E-state index contributed by atoms with van der Waals surface area (Å²) in [5, 5.41) is 0.152. The van der Waals surface area contributed by atoms with Gasteiger partial charge in [-0.3, -0.25) is 9.69 Å². The molecule has 1 aromatic rings. The number of hydrogen-bond donors (Lipinski definition) is 0. The van der Waals surface area contributed by atoms with Crippen LogP contribution in [0.3, 0.4) is 0 Å². The fourth-order valence-electron chi connectivity index (χ4n) is 2.68. The maximum absolute atomic E-state index is 12.1. The van der Waals surface area contributed by atoms with Crippen LogP contribution in [0.4, 0.5) is 0 Å². The summed E-state index contributed by atoms with van der Waals surface area (Å²) in [6.07, 6.45) is 1.02. The summed E-state index contributed by atoms with van der Waals surface area (Å²) in [5.74, 6) is 0.828. The van der Waals surface area contributed by atoms with Crippen molar-refractivity contribution in [2.24, 2.45) is 0 Å². The first-order chi connectivity index (χ1) is 10.2. The monoisotopic (exact) mass is 346 g/mol. The highest BCUT2D eigenvalue weighted by Gasteiger charge is 2.33. The normalized spacial score (nSPS) is 24.0. The van der Waals surface area contributed by atoms with Crippen molar-refractivity contribution in [2.75, 3.05) is 45.1 Å². The zero-order chi connectivity index (χ0) is 14.7. The van der Waals surface area contributed by atoms with Gasteiger partial charge in [0, 0.05) is 31.1 Å². The highest BCUT2D eigenvalue weighted by molar-refractivity contribution is 8.00. The van der Waals surface area contributed by atoms with Crippen molar-refractivity contribution < 1.29 is 9.53 Å². The molecule has 7 heteroatoms. The SMILES string of the molecule is O=C1CSC(c2ccc(Cl)s2)N1CCCN1CCOCC1. The van der Waals surface area contributed by atoms with Gasteiger partial charge in [-0.05, 0) is 18.6 Å². The molecule has 2 aliphatic heterocycles. The van der Waals surface area contributed by atoms with Gasteiger partial charge >= 0.3 is 0 Å². The molecule has 1 aromatic heterocycles. The van der Waals surface area contributed by atoms with Gasteiger partial charge in [-0.25, -0.2) is 0 Å². The number of thioether (sulfide) groups is 1. The number of nitrogens with zero attached hydrogens (tertiary/aromatic N) is 2. The van der Waals surface area contributed by atoms with Crippen molar-refractivity contribution in [3.05, 3.63) is 21.3 Å². The summed E-state index contributed by atoms with van der Waals surface area (Å²) in [7, 11) is 0. The molecule has 1 unspecified atom stereocenters. The van der Waals surface area contributed by atoms with Crippen LogP contribution < -0.4 is 0 Å². The van der Waals surface area contributed by atoms with Crippen molar-refractivity contribution in [3.63, 3.8) is 0 Å². The number of rotatable bonds is 5. The van der Waals surface area contributed by atoms with Crippen LogP contribution in [0.1, 0.15) is 16.7 Å². The zero-order valence-electron chi connectivity index (χ0n) is 11.8. The van der Waals surface area contributed by atoms with E-state index >= 15 is 0 Å². The molecule has 3 heterocycles. The standard InChI is InChI=1S/C14H19ClN2O2S2/c15-12-3-2-11(21-12)14-17(13(18)10-20-14)5-1-4-16-6-8-19-9-7-16/h2-3,14H,1,4-10H2. The van der Waals surface area contributed by atoms with E-state index in [1.165, 1.54) is 4.88 Å². The molecule has 2 saturated heterocycles. The molecule has 1 amide bonds. The lowest BCUT2D eigenvalue weighted by atomic mass is 10.3. The van der Waals surface area contributed by atoms with Crippen molar-refractivity contribution in [2.45, 2.75) is 11.8 Å². The second-order valence-electron chi connectivity index (χ2n) is 5.20. The summed E-state index contributed by atoms with van der Waals surface area (Å²) in [6, 6.07) is 3.95. The third-order valence-corrected chi connectivity index (χ3v) is 6.45. The van der Waals surface area contributed by atoms with Gasteiger partial charge < -0.3 is 9.64 Å². The highest BCUT2D eigenvalue weighted by atomic mass is 35.5. The van der Waals surface area contributed by atoms with Crippen molar-refractivity contribution in [1.82, 2.24) is 9.80 Å². The summed E-state index contributed by atoms with van der Waals surface area (Å²) in [4.78, 5) is 17.7. The van der Waals surface area contributed by atoms with Crippen LogP contribution >= 0.6 is 34.7 Å². The molecule has 0 N–H and O–H groups in total. The van der Waals surface area contributed by atoms with E-state index in [1.54, 1.807) is 23.1 Å². The van der Waals surface area contributed by atoms with Crippen molar-refractivity contribution >= 4 is 40.6 Å². The summed E-state index contributed by atoms with van der Waals surface area (Å²) in [5.41, 5.74) is 0. The Bertz CT molecular complexity index is 491. The molecule has 3 rings (SSSR count). The fourth-order valence-corrected chi connectivity index (χ4v) is 5.20. The lowest BCUT2D eigenvalue weighted by molar-refractivity contribution is -0.128. The minimum absolute atomic E-state index is 0.152. The van der Waals surface area contributed by atoms with Crippen molar-refractivity contribution in [3.8, 4) is 0 Å². The first-order valence-electron chi connectivity index (χ1n) is 7.20. The number of hydrogen-bond acceptors (Lipinski definition) is 5. The molecule has 0 radical (unpaired) electrons. The summed E-state index contributed by atoms with van der Waals surface area (Å²) >= 11 is 9.30. The number of amides is 1. The lowest BCUT2D eigenvalue weighted by Crippen LogP contribution is -2.38. The van der Waals surface area contributed by atoms with Crippen LogP contribution in [-0.4, -0.2) is 60.9 Å². The van der Waals surface area contributed by atoms with E-state index in [4.69, 9.17) is 16.3 Å². The second kappa shape index (κ2) is 7.33. The maximum Gasteiger partial charge on any atom is 0.233 e. The Morgan fingerprint density at radius 1 is 1.29 bits per heavy atom. The van der Waals surface area contributed by atoms with Crippen LogP contribution in [0.5, 0.6) is 0 Å². The topological polar surface area (TPSA) is 32.8 Å². The lowest BCUT2D eigenvalue weighted by Gasteiger charge is -2.28. The highest BCUT2D eigenvalue weighted by Crippen LogP contribution is 2.42. The van der Waals surface area contributed by atoms with Crippen LogP contribution in [0.25, 0.3) is 0 Å². The molecule has 1 atom stereocenters. The molecule has 0 bridgehead atoms. The van der Waals surface area contributed by atoms with Gasteiger partial charge in [-0.2, -0.15) is 0 Å². The van der Waals surface area contributed by atoms with Crippen LogP contribution in [-0.2, 0) is 9.53 Å². The molecule has 0 aliphatic carbocycles. The predicted octanol–water partition coefficient (Wildman–Crippen LogP) is 2.70. The van der Waals surface area contributed by atoms with Gasteiger partial charge in [0.15, 0.2) is 0 Å². The third kappa shape index (κ3) is 3.93. The zero-order valence-corrected chi connectivity index (χ0v) is 14.2. The number of morpholine rings is 1. The molecule has 0 saturated carbocycles. The Kier molecular flexibility index (Phi) is 5.45. The Balaban J connectivity index is 1.53. The second-order valence-corrected chi connectivity index (χ2v) is 8.02. The average Bonchev–Trinajstić information content (AvgIpc) is 3.07. The van der Waals surface area contributed by atoms with Gasteiger partial charge in [-0.1, -0.05) is 11.6 Å². The number of ether oxygens (including phenoxy) is 1. The van der Waals surface area contributed by atoms with Gasteiger partial charge in [0.05, 0.1) is 23.3 Å². The molecule has 0 spiro atoms. The first kappa shape index (κ1) is 15.6. The largest absolute Gasteiger partial charge is 0.379 e. The number of thiophene rings is 1. The maximum atomic E-state index is 12.1. The number of carbonyl (C=O) groups is 1. The summed E-state index contributed by atoms with van der Waals surface area (Å²) < 4.78 is 6.14. The molecular formula is C14H19ClN2O2S2. The molecule has 2 aliphatic rings. The number of halogens is 1. The first-order valence-corrected chi connectivity index (χ1v) is 9.45. The van der Waals surface area contributed by atoms with E-state index in [0.29, 0.717) is 5.75 Å². The van der Waals surface area contributed by atoms with Crippen LogP contribution in [0.15, 0.2) is 12.1 Å². The average molecular weight is 347 g/mol. The van der Waals surface area contributed by atoms with E-state index < -0.39 is 0 Å². The Labute approximate surface area is 138 Å². The Hall–Kier alpha value is -0.270. The predicted molar refractivity (Wildman–Crippen MR) is 88.1 cm³/mol.